The molecule has 6 heteroatoms. The van der Waals surface area contributed by atoms with Crippen molar-refractivity contribution in [2.45, 2.75) is 26.3 Å². The summed E-state index contributed by atoms with van der Waals surface area (Å²) in [5.41, 5.74) is -1.37. The Balaban J connectivity index is 2.71. The van der Waals surface area contributed by atoms with Gasteiger partial charge in [-0.1, -0.05) is 30.3 Å². The molecule has 0 aliphatic heterocycles. The SMILES string of the molecule is CC(C)(C)n1cc([N+](=O)[O-])cc(C(=O)c2ccccc2)c1=O. The summed E-state index contributed by atoms with van der Waals surface area (Å²) < 4.78 is 1.22. The van der Waals surface area contributed by atoms with Crippen LogP contribution in [0.1, 0.15) is 36.7 Å². The predicted octanol–water partition coefficient (Wildman–Crippen LogP) is 2.74. The Morgan fingerprint density at radius 3 is 2.27 bits per heavy atom. The summed E-state index contributed by atoms with van der Waals surface area (Å²) in [6.07, 6.45) is 1.17. The molecule has 0 atom stereocenters. The van der Waals surface area contributed by atoms with Gasteiger partial charge in [0, 0.05) is 17.2 Å². The molecule has 0 fully saturated rings. The van der Waals surface area contributed by atoms with E-state index >= 15 is 0 Å². The molecule has 114 valence electrons. The number of pyridine rings is 1. The molecule has 1 aromatic carbocycles. The van der Waals surface area contributed by atoms with Gasteiger partial charge in [0.15, 0.2) is 5.78 Å². The molecule has 22 heavy (non-hydrogen) atoms. The number of hydrogen-bond donors (Lipinski definition) is 0. The van der Waals surface area contributed by atoms with E-state index < -0.39 is 21.8 Å². The molecule has 0 saturated carbocycles. The normalized spacial score (nSPS) is 11.2. The number of rotatable bonds is 3. The minimum absolute atomic E-state index is 0.199. The lowest BCUT2D eigenvalue weighted by atomic mass is 10.0. The molecule has 0 radical (unpaired) electrons. The fourth-order valence-corrected chi connectivity index (χ4v) is 2.07. The van der Waals surface area contributed by atoms with Crippen molar-refractivity contribution in [3.05, 3.63) is 74.2 Å². The summed E-state index contributed by atoms with van der Waals surface area (Å²) in [6, 6.07) is 9.28. The van der Waals surface area contributed by atoms with Crippen molar-refractivity contribution < 1.29 is 9.72 Å². The second kappa shape index (κ2) is 5.55. The molecule has 0 bridgehead atoms. The van der Waals surface area contributed by atoms with E-state index in [1.165, 1.54) is 10.8 Å². The van der Waals surface area contributed by atoms with E-state index in [0.717, 1.165) is 6.07 Å². The van der Waals surface area contributed by atoms with Crippen molar-refractivity contribution >= 4 is 11.5 Å². The van der Waals surface area contributed by atoms with Crippen LogP contribution < -0.4 is 5.56 Å². The summed E-state index contributed by atoms with van der Waals surface area (Å²) in [6.45, 7) is 5.23. The van der Waals surface area contributed by atoms with E-state index in [0.29, 0.717) is 5.56 Å². The van der Waals surface area contributed by atoms with Crippen LogP contribution in [-0.4, -0.2) is 15.3 Å². The number of nitrogens with zero attached hydrogens (tertiary/aromatic N) is 2. The van der Waals surface area contributed by atoms with Gasteiger partial charge in [-0.2, -0.15) is 0 Å². The van der Waals surface area contributed by atoms with Crippen LogP contribution in [0.3, 0.4) is 0 Å². The van der Waals surface area contributed by atoms with Crippen LogP contribution in [-0.2, 0) is 5.54 Å². The Morgan fingerprint density at radius 1 is 1.18 bits per heavy atom. The molecule has 0 aliphatic rings. The molecule has 0 amide bonds. The molecule has 0 aliphatic carbocycles. The number of hydrogen-bond acceptors (Lipinski definition) is 4. The van der Waals surface area contributed by atoms with Gasteiger partial charge in [-0.25, -0.2) is 0 Å². The average Bonchev–Trinajstić information content (AvgIpc) is 2.46. The zero-order chi connectivity index (χ0) is 16.5. The van der Waals surface area contributed by atoms with Crippen LogP contribution in [0.4, 0.5) is 5.69 Å². The van der Waals surface area contributed by atoms with E-state index in [-0.39, 0.29) is 11.3 Å². The van der Waals surface area contributed by atoms with Crippen molar-refractivity contribution in [1.82, 2.24) is 4.57 Å². The van der Waals surface area contributed by atoms with Crippen LogP contribution in [0.2, 0.25) is 0 Å². The fraction of sp³-hybridized carbons (Fsp3) is 0.250. The van der Waals surface area contributed by atoms with E-state index in [2.05, 4.69) is 0 Å². The highest BCUT2D eigenvalue weighted by Gasteiger charge is 2.24. The molecule has 1 heterocycles. The van der Waals surface area contributed by atoms with Crippen LogP contribution in [0.15, 0.2) is 47.4 Å². The Kier molecular flexibility index (Phi) is 3.95. The van der Waals surface area contributed by atoms with Crippen LogP contribution >= 0.6 is 0 Å². The third-order valence-corrected chi connectivity index (χ3v) is 3.22. The first-order valence-electron chi connectivity index (χ1n) is 6.73. The first-order valence-corrected chi connectivity index (χ1v) is 6.73. The number of carbonyl (C=O) groups excluding carboxylic acids is 1. The smallest absolute Gasteiger partial charge is 0.286 e. The largest absolute Gasteiger partial charge is 0.303 e. The van der Waals surface area contributed by atoms with Gasteiger partial charge in [-0.3, -0.25) is 19.7 Å². The highest BCUT2D eigenvalue weighted by molar-refractivity contribution is 6.09. The molecule has 0 saturated heterocycles. The van der Waals surface area contributed by atoms with Gasteiger partial charge in [-0.15, -0.1) is 0 Å². The molecule has 0 unspecified atom stereocenters. The van der Waals surface area contributed by atoms with E-state index in [9.17, 15) is 19.7 Å². The number of carbonyl (C=O) groups is 1. The highest BCUT2D eigenvalue weighted by atomic mass is 16.6. The molecule has 2 aromatic rings. The second-order valence-electron chi connectivity index (χ2n) is 5.91. The standard InChI is InChI=1S/C16H16N2O4/c1-16(2,3)17-10-12(18(21)22)9-13(15(17)20)14(19)11-7-5-4-6-8-11/h4-10H,1-3H3. The third-order valence-electron chi connectivity index (χ3n) is 3.22. The predicted molar refractivity (Wildman–Crippen MR) is 82.2 cm³/mol. The molecule has 0 spiro atoms. The van der Waals surface area contributed by atoms with Crippen LogP contribution in [0.25, 0.3) is 0 Å². The number of benzene rings is 1. The van der Waals surface area contributed by atoms with E-state index in [1.807, 2.05) is 0 Å². The lowest BCUT2D eigenvalue weighted by Crippen LogP contribution is -2.36. The molecule has 0 N–H and O–H groups in total. The van der Waals surface area contributed by atoms with Crippen molar-refractivity contribution in [3.8, 4) is 0 Å². The zero-order valence-corrected chi connectivity index (χ0v) is 12.6. The van der Waals surface area contributed by atoms with Crippen molar-refractivity contribution in [3.63, 3.8) is 0 Å². The number of nitro groups is 1. The molecule has 2 rings (SSSR count). The van der Waals surface area contributed by atoms with Crippen molar-refractivity contribution in [2.75, 3.05) is 0 Å². The van der Waals surface area contributed by atoms with E-state index in [1.54, 1.807) is 51.1 Å². The maximum Gasteiger partial charge on any atom is 0.286 e. The maximum atomic E-state index is 12.5. The Bertz CT molecular complexity index is 786. The maximum absolute atomic E-state index is 12.5. The Hall–Kier alpha value is -2.76. The number of ketones is 1. The van der Waals surface area contributed by atoms with Gasteiger partial charge < -0.3 is 4.57 Å². The summed E-state index contributed by atoms with van der Waals surface area (Å²) in [7, 11) is 0. The van der Waals surface area contributed by atoms with Crippen LogP contribution in [0, 0.1) is 10.1 Å². The lowest BCUT2D eigenvalue weighted by molar-refractivity contribution is -0.385. The molecule has 6 nitrogen and oxygen atoms in total. The average molecular weight is 300 g/mol. The quantitative estimate of drug-likeness (QED) is 0.496. The van der Waals surface area contributed by atoms with Gasteiger partial charge >= 0.3 is 0 Å². The lowest BCUT2D eigenvalue weighted by Gasteiger charge is -2.22. The van der Waals surface area contributed by atoms with Gasteiger partial charge in [0.05, 0.1) is 16.7 Å². The first-order chi connectivity index (χ1) is 10.2. The summed E-state index contributed by atoms with van der Waals surface area (Å²) in [5.74, 6) is -0.521. The minimum Gasteiger partial charge on any atom is -0.303 e. The molecular formula is C16H16N2O4. The fourth-order valence-electron chi connectivity index (χ4n) is 2.07. The summed E-state index contributed by atoms with van der Waals surface area (Å²) >= 11 is 0. The van der Waals surface area contributed by atoms with Gasteiger partial charge in [0.25, 0.3) is 11.2 Å². The van der Waals surface area contributed by atoms with Crippen LogP contribution in [0.5, 0.6) is 0 Å². The zero-order valence-electron chi connectivity index (χ0n) is 12.6. The molecular weight excluding hydrogens is 284 g/mol. The summed E-state index contributed by atoms with van der Waals surface area (Å²) in [4.78, 5) is 35.5. The minimum atomic E-state index is -0.672. The van der Waals surface area contributed by atoms with Crippen molar-refractivity contribution in [2.24, 2.45) is 0 Å². The third kappa shape index (κ3) is 2.95. The Morgan fingerprint density at radius 2 is 1.77 bits per heavy atom. The topological polar surface area (TPSA) is 82.2 Å². The van der Waals surface area contributed by atoms with Gasteiger partial charge in [0.2, 0.25) is 0 Å². The molecule has 1 aromatic heterocycles. The Labute approximate surface area is 127 Å². The van der Waals surface area contributed by atoms with E-state index in [4.69, 9.17) is 0 Å². The van der Waals surface area contributed by atoms with Gasteiger partial charge in [-0.05, 0) is 20.8 Å². The summed E-state index contributed by atoms with van der Waals surface area (Å²) in [5, 5.41) is 11.1. The van der Waals surface area contributed by atoms with Gasteiger partial charge in [0.1, 0.15) is 0 Å². The number of aromatic nitrogens is 1. The second-order valence-corrected chi connectivity index (χ2v) is 5.91. The highest BCUT2D eigenvalue weighted by Crippen LogP contribution is 2.19. The first kappa shape index (κ1) is 15.6. The van der Waals surface area contributed by atoms with Crippen molar-refractivity contribution in [1.29, 1.82) is 0 Å². The monoisotopic (exact) mass is 300 g/mol.